The number of nitrogens with zero attached hydrogens (tertiary/aromatic N) is 2. The van der Waals surface area contributed by atoms with Gasteiger partial charge in [0.15, 0.2) is 0 Å². The Morgan fingerprint density at radius 3 is 1.12 bits per heavy atom. The zero-order valence-electron chi connectivity index (χ0n) is 26.5. The maximum atomic E-state index is 12.0. The summed E-state index contributed by atoms with van der Waals surface area (Å²) in [6, 6.07) is 15.3. The highest BCUT2D eigenvalue weighted by Gasteiger charge is 2.17. The van der Waals surface area contributed by atoms with Gasteiger partial charge in [-0.2, -0.15) is 0 Å². The molecule has 0 heterocycles. The maximum absolute atomic E-state index is 12.0. The zero-order valence-corrected chi connectivity index (χ0v) is 29.5. The van der Waals surface area contributed by atoms with Crippen molar-refractivity contribution >= 4 is 92.5 Å². The third-order valence-corrected chi connectivity index (χ3v) is 6.33. The predicted molar refractivity (Wildman–Crippen MR) is 191 cm³/mol. The van der Waals surface area contributed by atoms with E-state index >= 15 is 0 Å². The first kappa shape index (κ1) is 42.7. The minimum absolute atomic E-state index is 0.0130. The van der Waals surface area contributed by atoms with Crippen LogP contribution in [0.1, 0.15) is 48.4 Å². The molecular formula is C32H28Cl4N4O10. The van der Waals surface area contributed by atoms with E-state index in [1.54, 1.807) is 0 Å². The Kier molecular flexibility index (Phi) is 17.3. The monoisotopic (exact) mass is 768 g/mol. The Balaban J connectivity index is 0.000000412. The van der Waals surface area contributed by atoms with E-state index in [-0.39, 0.29) is 77.0 Å². The number of non-ortho nitro benzene ring substituents is 2. The largest absolute Gasteiger partial charge is 0.507 e. The number of benzene rings is 4. The minimum Gasteiger partial charge on any atom is -0.507 e. The van der Waals surface area contributed by atoms with Crippen molar-refractivity contribution in [1.82, 2.24) is 0 Å². The van der Waals surface area contributed by atoms with E-state index in [1.807, 2.05) is 0 Å². The van der Waals surface area contributed by atoms with Gasteiger partial charge in [0.25, 0.3) is 23.2 Å². The van der Waals surface area contributed by atoms with Crippen LogP contribution >= 0.6 is 46.4 Å². The van der Waals surface area contributed by atoms with E-state index in [2.05, 4.69) is 10.6 Å². The van der Waals surface area contributed by atoms with Crippen LogP contribution in [0.25, 0.3) is 0 Å². The molecule has 0 bridgehead atoms. The summed E-state index contributed by atoms with van der Waals surface area (Å²) in [5.41, 5.74) is -0.0701. The van der Waals surface area contributed by atoms with Crippen molar-refractivity contribution in [3.63, 3.8) is 0 Å². The molecular weight excluding hydrogens is 742 g/mol. The Morgan fingerprint density at radius 1 is 0.560 bits per heavy atom. The van der Waals surface area contributed by atoms with Gasteiger partial charge in [-0.3, -0.25) is 29.8 Å². The van der Waals surface area contributed by atoms with Crippen molar-refractivity contribution in [2.75, 3.05) is 10.6 Å². The van der Waals surface area contributed by atoms with E-state index in [0.717, 1.165) is 12.1 Å². The highest BCUT2D eigenvalue weighted by molar-refractivity contribution is 6.35. The highest BCUT2D eigenvalue weighted by atomic mass is 35.5. The number of rotatable bonds is 6. The van der Waals surface area contributed by atoms with Gasteiger partial charge in [0.05, 0.1) is 42.4 Å². The second-order valence-corrected chi connectivity index (χ2v) is 11.6. The minimum atomic E-state index is -0.634. The number of Topliss-reactive ketones (excluding diaryl/α,β-unsaturated/α-hetero) is 2. The average Bonchev–Trinajstić information content (AvgIpc) is 3.01. The number of amides is 2. The zero-order chi connectivity index (χ0) is 38.3. The molecule has 18 heteroatoms. The normalized spacial score (nSPS) is 9.60. The molecule has 0 aliphatic carbocycles. The number of carbonyl (C=O) groups excluding carboxylic acids is 4. The SMILES string of the molecule is CC(C)=O.CC(C)=O.O=C(Nc1ccc([N+](=O)[O-])cc1Cl)c1cc(Cl)ccc1O.O=C(Nc1ccc([N+](=O)[O-])cc1Cl)c1cc(Cl)ccc1O. The Morgan fingerprint density at radius 2 is 0.860 bits per heavy atom. The van der Waals surface area contributed by atoms with Gasteiger partial charge in [0.1, 0.15) is 23.1 Å². The molecule has 0 aromatic heterocycles. The first-order valence-corrected chi connectivity index (χ1v) is 15.2. The number of phenols is 2. The number of hydrogen-bond donors (Lipinski definition) is 4. The molecule has 264 valence electrons. The van der Waals surface area contributed by atoms with Gasteiger partial charge in [0.2, 0.25) is 0 Å². The summed E-state index contributed by atoms with van der Waals surface area (Å²) in [7, 11) is 0. The summed E-state index contributed by atoms with van der Waals surface area (Å²) in [4.78, 5) is 63.0. The quantitative estimate of drug-likeness (QED) is 0.108. The highest BCUT2D eigenvalue weighted by Crippen LogP contribution is 2.30. The molecule has 4 aromatic rings. The summed E-state index contributed by atoms with van der Waals surface area (Å²) in [5, 5.41) is 46.0. The molecule has 0 aliphatic heterocycles. The number of hydrogen-bond acceptors (Lipinski definition) is 10. The number of halogens is 4. The fraction of sp³-hybridized carbons (Fsp3) is 0.125. The number of carbonyl (C=O) groups is 4. The first-order valence-electron chi connectivity index (χ1n) is 13.6. The molecule has 0 spiro atoms. The Labute approximate surface area is 304 Å². The molecule has 2 amide bonds. The van der Waals surface area contributed by atoms with Crippen molar-refractivity contribution in [2.24, 2.45) is 0 Å². The van der Waals surface area contributed by atoms with Gasteiger partial charge in [-0.05, 0) is 76.2 Å². The molecule has 0 fully saturated rings. The fourth-order valence-electron chi connectivity index (χ4n) is 3.20. The van der Waals surface area contributed by atoms with E-state index in [1.165, 1.54) is 88.4 Å². The van der Waals surface area contributed by atoms with Crippen molar-refractivity contribution in [3.8, 4) is 11.5 Å². The molecule has 0 saturated carbocycles. The van der Waals surface area contributed by atoms with E-state index in [0.29, 0.717) is 0 Å². The third kappa shape index (κ3) is 14.9. The molecule has 0 radical (unpaired) electrons. The number of phenolic OH excluding ortho intramolecular Hbond substituents is 2. The van der Waals surface area contributed by atoms with Crippen LogP contribution in [0.4, 0.5) is 22.7 Å². The third-order valence-electron chi connectivity index (χ3n) is 5.23. The molecule has 4 aromatic carbocycles. The first-order chi connectivity index (χ1) is 23.2. The Hall–Kier alpha value is -5.28. The van der Waals surface area contributed by atoms with Crippen molar-refractivity contribution in [2.45, 2.75) is 27.7 Å². The summed E-state index contributed by atoms with van der Waals surface area (Å²) in [5.74, 6) is -1.42. The Bertz CT molecular complexity index is 1780. The van der Waals surface area contributed by atoms with E-state index in [4.69, 9.17) is 46.4 Å². The maximum Gasteiger partial charge on any atom is 0.271 e. The second kappa shape index (κ2) is 20.3. The molecule has 14 nitrogen and oxygen atoms in total. The summed E-state index contributed by atoms with van der Waals surface area (Å²) >= 11 is 23.3. The molecule has 4 rings (SSSR count). The van der Waals surface area contributed by atoms with Gasteiger partial charge in [0, 0.05) is 34.3 Å². The van der Waals surface area contributed by atoms with Crippen molar-refractivity contribution in [3.05, 3.63) is 124 Å². The number of nitro groups is 2. The molecule has 0 saturated heterocycles. The van der Waals surface area contributed by atoms with Gasteiger partial charge in [-0.25, -0.2) is 0 Å². The summed E-state index contributed by atoms with van der Waals surface area (Å²) in [6.45, 7) is 6.11. The van der Waals surface area contributed by atoms with E-state index in [9.17, 15) is 49.6 Å². The van der Waals surface area contributed by atoms with Crippen molar-refractivity contribution in [1.29, 1.82) is 0 Å². The van der Waals surface area contributed by atoms with Crippen LogP contribution in [0.3, 0.4) is 0 Å². The predicted octanol–water partition coefficient (Wildman–Crippen LogP) is 8.91. The second-order valence-electron chi connectivity index (χ2n) is 9.89. The molecule has 0 unspecified atom stereocenters. The lowest BCUT2D eigenvalue weighted by atomic mass is 10.2. The van der Waals surface area contributed by atoms with Crippen LogP contribution < -0.4 is 10.6 Å². The van der Waals surface area contributed by atoms with Crippen LogP contribution in [0.15, 0.2) is 72.8 Å². The number of anilines is 2. The molecule has 0 atom stereocenters. The molecule has 4 N–H and O–H groups in total. The fourth-order valence-corrected chi connectivity index (χ4v) is 3.99. The molecule has 50 heavy (non-hydrogen) atoms. The lowest BCUT2D eigenvalue weighted by molar-refractivity contribution is -0.385. The van der Waals surface area contributed by atoms with Gasteiger partial charge < -0.3 is 30.4 Å². The summed E-state index contributed by atoms with van der Waals surface area (Å²) < 4.78 is 0. The van der Waals surface area contributed by atoms with E-state index < -0.39 is 21.7 Å². The van der Waals surface area contributed by atoms with Crippen LogP contribution in [-0.2, 0) is 9.59 Å². The standard InChI is InChI=1S/2C13H8Cl2N2O4.2C3H6O/c2*14-7-1-4-12(18)9(5-7)13(19)16-11-3-2-8(17(20)21)6-10(11)15;2*1-3(2)4/h2*1-6,18H,(H,16,19);2*1-2H3. The van der Waals surface area contributed by atoms with Crippen LogP contribution in [0.2, 0.25) is 20.1 Å². The number of aromatic hydroxyl groups is 2. The average molecular weight is 770 g/mol. The topological polar surface area (TPSA) is 219 Å². The summed E-state index contributed by atoms with van der Waals surface area (Å²) in [6.07, 6.45) is 0. The smallest absolute Gasteiger partial charge is 0.271 e. The number of ketones is 2. The van der Waals surface area contributed by atoms with Crippen molar-refractivity contribution < 1.29 is 39.2 Å². The van der Waals surface area contributed by atoms with Crippen LogP contribution in [-0.4, -0.2) is 43.4 Å². The van der Waals surface area contributed by atoms with Gasteiger partial charge in [-0.15, -0.1) is 0 Å². The lowest BCUT2D eigenvalue weighted by Gasteiger charge is -2.08. The van der Waals surface area contributed by atoms with Crippen LogP contribution in [0, 0.1) is 20.2 Å². The lowest BCUT2D eigenvalue weighted by Crippen LogP contribution is -2.12. The number of nitro benzene ring substituents is 2. The molecule has 0 aliphatic rings. The van der Waals surface area contributed by atoms with Crippen LogP contribution in [0.5, 0.6) is 11.5 Å². The van der Waals surface area contributed by atoms with Gasteiger partial charge in [-0.1, -0.05) is 46.4 Å². The van der Waals surface area contributed by atoms with Gasteiger partial charge >= 0.3 is 0 Å². The number of nitrogens with one attached hydrogen (secondary N) is 2.